The van der Waals surface area contributed by atoms with E-state index in [2.05, 4.69) is 15.5 Å². The number of hydrogen-bond acceptors (Lipinski definition) is 5. The molecule has 3 rings (SSSR count). The number of hydrogen-bond donors (Lipinski definition) is 2. The van der Waals surface area contributed by atoms with Gasteiger partial charge in [-0.3, -0.25) is 9.89 Å². The van der Waals surface area contributed by atoms with E-state index in [0.717, 1.165) is 5.56 Å². The molecular formula is C18H14F3N3O3S. The van der Waals surface area contributed by atoms with Gasteiger partial charge in [0.2, 0.25) is 0 Å². The summed E-state index contributed by atoms with van der Waals surface area (Å²) in [6.45, 7) is 2.99. The lowest BCUT2D eigenvalue weighted by molar-refractivity contribution is -0.138. The normalized spacial score (nSPS) is 11.3. The van der Waals surface area contributed by atoms with Crippen LogP contribution in [0.3, 0.4) is 0 Å². The van der Waals surface area contributed by atoms with Crippen molar-refractivity contribution in [2.24, 2.45) is 0 Å². The van der Waals surface area contributed by atoms with E-state index in [1.807, 2.05) is 13.0 Å². The third-order valence-electron chi connectivity index (χ3n) is 3.82. The summed E-state index contributed by atoms with van der Waals surface area (Å²) in [5, 5.41) is 10.0. The fourth-order valence-electron chi connectivity index (χ4n) is 2.48. The highest BCUT2D eigenvalue weighted by Crippen LogP contribution is 2.34. The van der Waals surface area contributed by atoms with Crippen LogP contribution in [0.2, 0.25) is 0 Å². The third kappa shape index (κ3) is 4.06. The number of rotatable bonds is 4. The molecule has 146 valence electrons. The topological polar surface area (TPSA) is 84.1 Å². The number of halogens is 3. The van der Waals surface area contributed by atoms with Gasteiger partial charge in [-0.1, -0.05) is 0 Å². The molecule has 0 fully saturated rings. The lowest BCUT2D eigenvalue weighted by Gasteiger charge is -2.09. The number of H-pyrrole nitrogens is 1. The summed E-state index contributed by atoms with van der Waals surface area (Å²) in [6.07, 6.45) is -4.74. The van der Waals surface area contributed by atoms with Gasteiger partial charge in [-0.15, -0.1) is 11.3 Å². The minimum Gasteiger partial charge on any atom is -0.422 e. The molecule has 2 N–H and O–H groups in total. The van der Waals surface area contributed by atoms with Gasteiger partial charge in [0.25, 0.3) is 5.91 Å². The van der Waals surface area contributed by atoms with Crippen molar-refractivity contribution < 1.29 is 27.5 Å². The zero-order valence-electron chi connectivity index (χ0n) is 14.7. The van der Waals surface area contributed by atoms with Crippen molar-refractivity contribution in [3.05, 3.63) is 63.1 Å². The highest BCUT2D eigenvalue weighted by molar-refractivity contribution is 7.12. The molecule has 0 atom stereocenters. The first kappa shape index (κ1) is 19.6. The highest BCUT2D eigenvalue weighted by Gasteiger charge is 2.40. The van der Waals surface area contributed by atoms with Gasteiger partial charge in [-0.05, 0) is 55.1 Å². The first-order valence-electron chi connectivity index (χ1n) is 7.96. The monoisotopic (exact) mass is 409 g/mol. The van der Waals surface area contributed by atoms with Crippen molar-refractivity contribution in [3.63, 3.8) is 0 Å². The number of carbonyl (C=O) groups is 2. The maximum absolute atomic E-state index is 13.1. The van der Waals surface area contributed by atoms with Crippen LogP contribution in [-0.2, 0) is 6.18 Å². The molecule has 1 aromatic carbocycles. The minimum atomic E-state index is -4.74. The number of thiophene rings is 1. The molecule has 1 amide bonds. The lowest BCUT2D eigenvalue weighted by atomic mass is 10.2. The Bertz CT molecular complexity index is 1020. The van der Waals surface area contributed by atoms with Crippen LogP contribution in [-0.4, -0.2) is 22.1 Å². The third-order valence-corrected chi connectivity index (χ3v) is 4.83. The molecule has 2 heterocycles. The molecule has 0 aliphatic rings. The van der Waals surface area contributed by atoms with Gasteiger partial charge in [0.1, 0.15) is 11.3 Å². The summed E-state index contributed by atoms with van der Waals surface area (Å²) in [5.74, 6) is -1.49. The molecule has 10 heteroatoms. The van der Waals surface area contributed by atoms with Crippen LogP contribution in [0.25, 0.3) is 0 Å². The summed E-state index contributed by atoms with van der Waals surface area (Å²) in [4.78, 5) is 24.8. The van der Waals surface area contributed by atoms with E-state index in [1.165, 1.54) is 42.5 Å². The number of amides is 1. The van der Waals surface area contributed by atoms with E-state index in [-0.39, 0.29) is 17.4 Å². The van der Waals surface area contributed by atoms with Crippen LogP contribution < -0.4 is 10.1 Å². The van der Waals surface area contributed by atoms with Crippen LogP contribution in [0, 0.1) is 13.8 Å². The molecule has 6 nitrogen and oxygen atoms in total. The average Bonchev–Trinajstić information content (AvgIpc) is 3.22. The first-order chi connectivity index (χ1) is 13.2. The van der Waals surface area contributed by atoms with E-state index in [1.54, 1.807) is 5.38 Å². The minimum absolute atomic E-state index is 0.0177. The summed E-state index contributed by atoms with van der Waals surface area (Å²) < 4.78 is 44.1. The number of nitrogens with one attached hydrogen (secondary N) is 2. The number of aromatic amines is 1. The Kier molecular flexibility index (Phi) is 5.23. The Morgan fingerprint density at radius 1 is 1.14 bits per heavy atom. The molecule has 3 aromatic rings. The van der Waals surface area contributed by atoms with E-state index >= 15 is 0 Å². The van der Waals surface area contributed by atoms with Crippen LogP contribution in [0.1, 0.15) is 37.0 Å². The Morgan fingerprint density at radius 2 is 1.82 bits per heavy atom. The summed E-state index contributed by atoms with van der Waals surface area (Å²) in [7, 11) is 0. The Morgan fingerprint density at radius 3 is 2.39 bits per heavy atom. The van der Waals surface area contributed by atoms with Crippen molar-refractivity contribution >= 4 is 28.9 Å². The predicted octanol–water partition coefficient (Wildman–Crippen LogP) is 4.58. The molecule has 0 unspecified atom stereocenters. The molecule has 2 aromatic heterocycles. The molecule has 28 heavy (non-hydrogen) atoms. The molecule has 0 saturated heterocycles. The fraction of sp³-hybridized carbons (Fsp3) is 0.167. The van der Waals surface area contributed by atoms with E-state index in [0.29, 0.717) is 10.6 Å². The van der Waals surface area contributed by atoms with E-state index < -0.39 is 23.4 Å². The number of esters is 1. The second-order valence-electron chi connectivity index (χ2n) is 5.87. The van der Waals surface area contributed by atoms with Gasteiger partial charge in [-0.25, -0.2) is 4.79 Å². The smallest absolute Gasteiger partial charge is 0.420 e. The fourth-order valence-corrected chi connectivity index (χ4v) is 3.30. The van der Waals surface area contributed by atoms with Crippen molar-refractivity contribution in [3.8, 4) is 5.75 Å². The molecule has 0 aliphatic heterocycles. The van der Waals surface area contributed by atoms with Gasteiger partial charge < -0.3 is 10.1 Å². The van der Waals surface area contributed by atoms with E-state index in [4.69, 9.17) is 4.74 Å². The SMILES string of the molecule is Cc1ccsc1C(=O)Nc1ccc(OC(=O)c2n[nH]c(C)c2C(F)(F)F)cc1. The number of carbonyl (C=O) groups excluding carboxylic acids is 2. The highest BCUT2D eigenvalue weighted by atomic mass is 32.1. The molecule has 0 saturated carbocycles. The Hall–Kier alpha value is -3.14. The molecule has 0 radical (unpaired) electrons. The van der Waals surface area contributed by atoms with Gasteiger partial charge in [0.15, 0.2) is 5.69 Å². The number of alkyl halides is 3. The zero-order chi connectivity index (χ0) is 20.5. The molecule has 0 spiro atoms. The van der Waals surface area contributed by atoms with Crippen molar-refractivity contribution in [2.75, 3.05) is 5.32 Å². The molecule has 0 bridgehead atoms. The Balaban J connectivity index is 1.71. The van der Waals surface area contributed by atoms with Crippen LogP contribution in [0.15, 0.2) is 35.7 Å². The number of nitrogens with zero attached hydrogens (tertiary/aromatic N) is 1. The number of ether oxygens (including phenoxy) is 1. The van der Waals surface area contributed by atoms with Gasteiger partial charge in [-0.2, -0.15) is 18.3 Å². The standard InChI is InChI=1S/C18H14F3N3O3S/c1-9-7-8-28-15(9)16(25)22-11-3-5-12(6-4-11)27-17(26)14-13(18(19,20)21)10(2)23-24-14/h3-8H,1-2H3,(H,22,25)(H,23,24). The van der Waals surface area contributed by atoms with Crippen molar-refractivity contribution in [1.29, 1.82) is 0 Å². The van der Waals surface area contributed by atoms with Crippen LogP contribution >= 0.6 is 11.3 Å². The van der Waals surface area contributed by atoms with Crippen molar-refractivity contribution in [1.82, 2.24) is 10.2 Å². The molecular weight excluding hydrogens is 395 g/mol. The Labute approximate surface area is 161 Å². The zero-order valence-corrected chi connectivity index (χ0v) is 15.5. The maximum atomic E-state index is 13.1. The number of anilines is 1. The van der Waals surface area contributed by atoms with Gasteiger partial charge in [0, 0.05) is 11.4 Å². The number of benzene rings is 1. The summed E-state index contributed by atoms with van der Waals surface area (Å²) in [5.41, 5.74) is -0.975. The average molecular weight is 409 g/mol. The lowest BCUT2D eigenvalue weighted by Crippen LogP contribution is -2.17. The second kappa shape index (κ2) is 7.47. The second-order valence-corrected chi connectivity index (χ2v) is 6.79. The summed E-state index contributed by atoms with van der Waals surface area (Å²) >= 11 is 1.31. The quantitative estimate of drug-likeness (QED) is 0.488. The van der Waals surface area contributed by atoms with Crippen LogP contribution in [0.4, 0.5) is 18.9 Å². The largest absolute Gasteiger partial charge is 0.422 e. The number of aromatic nitrogens is 2. The predicted molar refractivity (Wildman–Crippen MR) is 96.7 cm³/mol. The van der Waals surface area contributed by atoms with Gasteiger partial charge in [0.05, 0.1) is 4.88 Å². The first-order valence-corrected chi connectivity index (χ1v) is 8.84. The summed E-state index contributed by atoms with van der Waals surface area (Å²) in [6, 6.07) is 7.51. The van der Waals surface area contributed by atoms with Crippen molar-refractivity contribution in [2.45, 2.75) is 20.0 Å². The number of aryl methyl sites for hydroxylation is 2. The van der Waals surface area contributed by atoms with Crippen LogP contribution in [0.5, 0.6) is 5.75 Å². The maximum Gasteiger partial charge on any atom is 0.420 e. The molecule has 0 aliphatic carbocycles. The van der Waals surface area contributed by atoms with Gasteiger partial charge >= 0.3 is 12.1 Å². The van der Waals surface area contributed by atoms with E-state index in [9.17, 15) is 22.8 Å².